The highest BCUT2D eigenvalue weighted by atomic mass is 35.5. The van der Waals surface area contributed by atoms with Crippen LogP contribution in [-0.2, 0) is 0 Å². The second-order valence-electron chi connectivity index (χ2n) is 2.14. The highest BCUT2D eigenvalue weighted by molar-refractivity contribution is 6.43. The number of benzene rings is 1. The molecule has 1 aromatic carbocycles. The van der Waals surface area contributed by atoms with Crippen LogP contribution < -0.4 is 4.74 Å². The van der Waals surface area contributed by atoms with E-state index in [4.69, 9.17) is 27.9 Å². The molecule has 2 nitrogen and oxygen atoms in total. The first kappa shape index (κ1) is 9.49. The van der Waals surface area contributed by atoms with Crippen molar-refractivity contribution in [2.24, 2.45) is 0 Å². The number of hydrogen-bond donors (Lipinski definition) is 1. The van der Waals surface area contributed by atoms with E-state index in [1.54, 1.807) is 12.1 Å². The molecule has 0 unspecified atom stereocenters. The first-order chi connectivity index (χ1) is 5.66. The average Bonchev–Trinajstić information content (AvgIpc) is 2.07. The summed E-state index contributed by atoms with van der Waals surface area (Å²) in [5.74, 6) is 0.248. The van der Waals surface area contributed by atoms with E-state index in [0.717, 1.165) is 0 Å². The van der Waals surface area contributed by atoms with Crippen molar-refractivity contribution in [1.82, 2.24) is 0 Å². The molecule has 12 heavy (non-hydrogen) atoms. The van der Waals surface area contributed by atoms with E-state index in [1.807, 2.05) is 6.92 Å². The van der Waals surface area contributed by atoms with Crippen LogP contribution in [0.2, 0.25) is 10.0 Å². The largest absolute Gasteiger partial charge is 0.503 e. The van der Waals surface area contributed by atoms with Gasteiger partial charge in [0.2, 0.25) is 0 Å². The molecule has 0 aliphatic heterocycles. The normalized spacial score (nSPS) is 9.92. The topological polar surface area (TPSA) is 29.5 Å². The maximum Gasteiger partial charge on any atom is 0.178 e. The number of ether oxygens (including phenoxy) is 1. The zero-order valence-corrected chi connectivity index (χ0v) is 7.99. The van der Waals surface area contributed by atoms with Crippen molar-refractivity contribution >= 4 is 23.2 Å². The van der Waals surface area contributed by atoms with E-state index in [1.165, 1.54) is 0 Å². The van der Waals surface area contributed by atoms with Crippen LogP contribution in [0.25, 0.3) is 0 Å². The smallest absolute Gasteiger partial charge is 0.178 e. The van der Waals surface area contributed by atoms with Gasteiger partial charge in [0.25, 0.3) is 0 Å². The highest BCUT2D eigenvalue weighted by Gasteiger charge is 2.09. The maximum atomic E-state index is 9.37. The molecule has 0 amide bonds. The van der Waals surface area contributed by atoms with Crippen LogP contribution in [0.4, 0.5) is 0 Å². The minimum absolute atomic E-state index is 0.106. The molecular weight excluding hydrogens is 199 g/mol. The predicted molar refractivity (Wildman–Crippen MR) is 49.3 cm³/mol. The molecule has 4 heteroatoms. The van der Waals surface area contributed by atoms with Crippen molar-refractivity contribution in [2.75, 3.05) is 6.61 Å². The van der Waals surface area contributed by atoms with Crippen LogP contribution in [0.3, 0.4) is 0 Å². The van der Waals surface area contributed by atoms with Crippen molar-refractivity contribution < 1.29 is 9.84 Å². The van der Waals surface area contributed by atoms with Crippen LogP contribution in [-0.4, -0.2) is 11.7 Å². The Morgan fingerprint density at radius 3 is 2.67 bits per heavy atom. The Hall–Kier alpha value is -0.600. The van der Waals surface area contributed by atoms with Gasteiger partial charge >= 0.3 is 0 Å². The summed E-state index contributed by atoms with van der Waals surface area (Å²) in [6, 6.07) is 3.15. The molecule has 1 aromatic rings. The van der Waals surface area contributed by atoms with Crippen molar-refractivity contribution in [1.29, 1.82) is 0 Å². The lowest BCUT2D eigenvalue weighted by Crippen LogP contribution is -1.91. The summed E-state index contributed by atoms with van der Waals surface area (Å²) in [4.78, 5) is 0. The molecule has 0 spiro atoms. The third-order valence-corrected chi connectivity index (χ3v) is 2.13. The van der Waals surface area contributed by atoms with E-state index in [0.29, 0.717) is 17.4 Å². The molecule has 1 rings (SSSR count). The SMILES string of the molecule is CCOc1ccc(Cl)c(Cl)c1O. The van der Waals surface area contributed by atoms with Gasteiger partial charge in [0.1, 0.15) is 5.02 Å². The molecule has 66 valence electrons. The Morgan fingerprint density at radius 1 is 1.42 bits per heavy atom. The molecule has 0 radical (unpaired) electrons. The van der Waals surface area contributed by atoms with Crippen LogP contribution in [0.5, 0.6) is 11.5 Å². The molecule has 0 aromatic heterocycles. The monoisotopic (exact) mass is 206 g/mol. The number of aromatic hydroxyl groups is 1. The molecule has 0 heterocycles. The van der Waals surface area contributed by atoms with Crippen LogP contribution in [0, 0.1) is 0 Å². The molecule has 0 saturated heterocycles. The van der Waals surface area contributed by atoms with Gasteiger partial charge in [-0.15, -0.1) is 0 Å². The molecule has 1 N–H and O–H groups in total. The van der Waals surface area contributed by atoms with Crippen LogP contribution in [0.1, 0.15) is 6.92 Å². The van der Waals surface area contributed by atoms with E-state index in [9.17, 15) is 5.11 Å². The van der Waals surface area contributed by atoms with Gasteiger partial charge < -0.3 is 9.84 Å². The fraction of sp³-hybridized carbons (Fsp3) is 0.250. The summed E-state index contributed by atoms with van der Waals surface area (Å²) in [7, 11) is 0. The summed E-state index contributed by atoms with van der Waals surface area (Å²) in [5.41, 5.74) is 0. The third-order valence-electron chi connectivity index (χ3n) is 1.33. The predicted octanol–water partition coefficient (Wildman–Crippen LogP) is 3.10. The lowest BCUT2D eigenvalue weighted by atomic mass is 10.3. The van der Waals surface area contributed by atoms with Crippen LogP contribution >= 0.6 is 23.2 Å². The Balaban J connectivity index is 3.08. The van der Waals surface area contributed by atoms with Crippen molar-refractivity contribution in [3.05, 3.63) is 22.2 Å². The first-order valence-electron chi connectivity index (χ1n) is 3.46. The Labute approximate surface area is 80.7 Å². The molecule has 0 aliphatic rings. The summed E-state index contributed by atoms with van der Waals surface area (Å²) in [6.07, 6.45) is 0. The number of rotatable bonds is 2. The number of phenolic OH excluding ortho intramolecular Hbond substituents is 1. The molecule has 0 bridgehead atoms. The second-order valence-corrected chi connectivity index (χ2v) is 2.93. The summed E-state index contributed by atoms with van der Waals surface area (Å²) in [6.45, 7) is 2.30. The molecule has 0 saturated carbocycles. The van der Waals surface area contributed by atoms with Crippen molar-refractivity contribution in [3.8, 4) is 11.5 Å². The first-order valence-corrected chi connectivity index (χ1v) is 4.22. The van der Waals surface area contributed by atoms with E-state index < -0.39 is 0 Å². The highest BCUT2D eigenvalue weighted by Crippen LogP contribution is 2.38. The fourth-order valence-electron chi connectivity index (χ4n) is 0.794. The quantitative estimate of drug-likeness (QED) is 0.807. The molecular formula is C8H8Cl2O2. The fourth-order valence-corrected chi connectivity index (χ4v) is 1.10. The summed E-state index contributed by atoms with van der Waals surface area (Å²) < 4.78 is 5.08. The van der Waals surface area contributed by atoms with Gasteiger partial charge in [-0.05, 0) is 19.1 Å². The zero-order valence-electron chi connectivity index (χ0n) is 6.47. The number of phenols is 1. The minimum Gasteiger partial charge on any atom is -0.503 e. The maximum absolute atomic E-state index is 9.37. The van der Waals surface area contributed by atoms with Crippen molar-refractivity contribution in [2.45, 2.75) is 6.92 Å². The number of hydrogen-bond acceptors (Lipinski definition) is 2. The van der Waals surface area contributed by atoms with E-state index >= 15 is 0 Å². The lowest BCUT2D eigenvalue weighted by Gasteiger charge is -2.06. The molecule has 0 atom stereocenters. The van der Waals surface area contributed by atoms with Gasteiger partial charge in [-0.25, -0.2) is 0 Å². The summed E-state index contributed by atoms with van der Waals surface area (Å²) >= 11 is 11.3. The van der Waals surface area contributed by atoms with Crippen LogP contribution in [0.15, 0.2) is 12.1 Å². The Bertz CT molecular complexity index is 287. The molecule has 0 aliphatic carbocycles. The van der Waals surface area contributed by atoms with Gasteiger partial charge in [-0.2, -0.15) is 0 Å². The van der Waals surface area contributed by atoms with Gasteiger partial charge in [0.05, 0.1) is 11.6 Å². The zero-order chi connectivity index (χ0) is 9.14. The van der Waals surface area contributed by atoms with E-state index in [-0.39, 0.29) is 10.8 Å². The standard InChI is InChI=1S/C8H8Cl2O2/c1-2-12-6-4-3-5(9)7(10)8(6)11/h3-4,11H,2H2,1H3. The van der Waals surface area contributed by atoms with Gasteiger partial charge in [-0.1, -0.05) is 23.2 Å². The summed E-state index contributed by atoms with van der Waals surface area (Å²) in [5, 5.41) is 9.81. The van der Waals surface area contributed by atoms with Gasteiger partial charge in [0, 0.05) is 0 Å². The minimum atomic E-state index is -0.106. The van der Waals surface area contributed by atoms with Crippen molar-refractivity contribution in [3.63, 3.8) is 0 Å². The van der Waals surface area contributed by atoms with E-state index in [2.05, 4.69) is 0 Å². The average molecular weight is 207 g/mol. The second kappa shape index (κ2) is 3.87. The molecule has 0 fully saturated rings. The van der Waals surface area contributed by atoms with Gasteiger partial charge in [0.15, 0.2) is 11.5 Å². The Morgan fingerprint density at radius 2 is 2.08 bits per heavy atom. The lowest BCUT2D eigenvalue weighted by molar-refractivity contribution is 0.318. The van der Waals surface area contributed by atoms with Gasteiger partial charge in [-0.3, -0.25) is 0 Å². The number of halogens is 2. The third kappa shape index (κ3) is 1.76. The Kier molecular flexibility index (Phi) is 3.06.